The van der Waals surface area contributed by atoms with Gasteiger partial charge in [-0.3, -0.25) is 0 Å². The third-order valence-corrected chi connectivity index (χ3v) is 4.20. The Hall–Kier alpha value is -2.10. The maximum absolute atomic E-state index is 4.76. The molecule has 122 valence electrons. The average Bonchev–Trinajstić information content (AvgIpc) is 2.53. The van der Waals surface area contributed by atoms with E-state index in [-0.39, 0.29) is 0 Å². The quantitative estimate of drug-likeness (QED) is 0.927. The van der Waals surface area contributed by atoms with Crippen molar-refractivity contribution in [1.29, 1.82) is 0 Å². The maximum Gasteiger partial charge on any atom is 0.225 e. The molecule has 1 N–H and O–H groups in total. The topological polar surface area (TPSA) is 41.1 Å². The highest BCUT2D eigenvalue weighted by Gasteiger charge is 2.19. The van der Waals surface area contributed by atoms with Gasteiger partial charge in [0.25, 0.3) is 0 Å². The van der Waals surface area contributed by atoms with Crippen molar-refractivity contribution in [3.05, 3.63) is 47.2 Å². The molecule has 0 saturated carbocycles. The van der Waals surface area contributed by atoms with Crippen LogP contribution >= 0.6 is 0 Å². The van der Waals surface area contributed by atoms with Crippen molar-refractivity contribution in [3.63, 3.8) is 0 Å². The molecule has 0 bridgehead atoms. The fraction of sp³-hybridized carbons (Fsp3) is 0.474. The first-order valence-electron chi connectivity index (χ1n) is 8.50. The number of hydrogen-bond donors (Lipinski definition) is 1. The van der Waals surface area contributed by atoms with Crippen molar-refractivity contribution in [1.82, 2.24) is 9.97 Å². The predicted octanol–water partition coefficient (Wildman–Crippen LogP) is 3.98. The summed E-state index contributed by atoms with van der Waals surface area (Å²) in [6, 6.07) is 11.2. The molecule has 0 radical (unpaired) electrons. The second-order valence-electron chi connectivity index (χ2n) is 6.87. The maximum atomic E-state index is 4.76. The van der Waals surface area contributed by atoms with Crippen LogP contribution < -0.4 is 10.2 Å². The molecule has 3 rings (SSSR count). The Bertz CT molecular complexity index is 679. The largest absolute Gasteiger partial charge is 0.352 e. The number of fused-ring (bicyclic) bond motifs is 1. The van der Waals surface area contributed by atoms with Gasteiger partial charge in [0.15, 0.2) is 0 Å². The van der Waals surface area contributed by atoms with Crippen LogP contribution in [0.2, 0.25) is 0 Å². The standard InChI is InChI=1S/C19H26N4/c1-13(2)17-11-18(22-19(21-17)20-14(3)4)23-10-9-15-7-5-6-8-16(15)12-23/h5-8,11,13-14H,9-10,12H2,1-4H3,(H,20,21,22). The second kappa shape index (κ2) is 6.57. The average molecular weight is 310 g/mol. The van der Waals surface area contributed by atoms with Crippen molar-refractivity contribution in [2.75, 3.05) is 16.8 Å². The second-order valence-corrected chi connectivity index (χ2v) is 6.87. The summed E-state index contributed by atoms with van der Waals surface area (Å²) in [4.78, 5) is 11.8. The molecule has 0 atom stereocenters. The molecule has 1 aliphatic heterocycles. The summed E-state index contributed by atoms with van der Waals surface area (Å²) >= 11 is 0. The van der Waals surface area contributed by atoms with Crippen molar-refractivity contribution < 1.29 is 0 Å². The number of nitrogens with one attached hydrogen (secondary N) is 1. The highest BCUT2D eigenvalue weighted by atomic mass is 15.2. The Morgan fingerprint density at radius 2 is 1.78 bits per heavy atom. The molecule has 1 aromatic heterocycles. The van der Waals surface area contributed by atoms with Crippen LogP contribution in [0.25, 0.3) is 0 Å². The van der Waals surface area contributed by atoms with E-state index in [0.717, 1.165) is 37.0 Å². The summed E-state index contributed by atoms with van der Waals surface area (Å²) in [5, 5.41) is 3.35. The molecule has 2 aromatic rings. The Morgan fingerprint density at radius 1 is 1.04 bits per heavy atom. The van der Waals surface area contributed by atoms with E-state index in [0.29, 0.717) is 12.0 Å². The van der Waals surface area contributed by atoms with E-state index in [1.807, 2.05) is 0 Å². The van der Waals surface area contributed by atoms with Crippen molar-refractivity contribution in [2.24, 2.45) is 0 Å². The molecule has 0 spiro atoms. The molecule has 0 amide bonds. The minimum Gasteiger partial charge on any atom is -0.352 e. The first-order valence-corrected chi connectivity index (χ1v) is 8.50. The van der Waals surface area contributed by atoms with Crippen LogP contribution in [0.3, 0.4) is 0 Å². The van der Waals surface area contributed by atoms with Gasteiger partial charge < -0.3 is 10.2 Å². The Balaban J connectivity index is 1.91. The summed E-state index contributed by atoms with van der Waals surface area (Å²) in [5.41, 5.74) is 3.96. The van der Waals surface area contributed by atoms with E-state index in [4.69, 9.17) is 4.98 Å². The normalized spacial score (nSPS) is 14.3. The van der Waals surface area contributed by atoms with Crippen LogP contribution in [0, 0.1) is 0 Å². The van der Waals surface area contributed by atoms with Crippen LogP contribution in [-0.4, -0.2) is 22.6 Å². The zero-order valence-electron chi connectivity index (χ0n) is 14.5. The molecule has 1 aromatic carbocycles. The summed E-state index contributed by atoms with van der Waals surface area (Å²) in [6.45, 7) is 10.5. The molecular weight excluding hydrogens is 284 g/mol. The lowest BCUT2D eigenvalue weighted by molar-refractivity contribution is 0.712. The lowest BCUT2D eigenvalue weighted by Crippen LogP contribution is -2.31. The van der Waals surface area contributed by atoms with E-state index >= 15 is 0 Å². The fourth-order valence-electron chi connectivity index (χ4n) is 2.92. The van der Waals surface area contributed by atoms with Crippen LogP contribution in [0.5, 0.6) is 0 Å². The zero-order chi connectivity index (χ0) is 16.4. The summed E-state index contributed by atoms with van der Waals surface area (Å²) in [7, 11) is 0. The number of benzene rings is 1. The summed E-state index contributed by atoms with van der Waals surface area (Å²) in [6.07, 6.45) is 1.07. The molecule has 4 heteroatoms. The fourth-order valence-corrected chi connectivity index (χ4v) is 2.92. The molecule has 0 aliphatic carbocycles. The van der Waals surface area contributed by atoms with Crippen molar-refractivity contribution >= 4 is 11.8 Å². The van der Waals surface area contributed by atoms with E-state index in [2.05, 4.69) is 73.2 Å². The molecule has 1 aliphatic rings. The molecule has 23 heavy (non-hydrogen) atoms. The minimum atomic E-state index is 0.326. The van der Waals surface area contributed by atoms with E-state index in [1.54, 1.807) is 0 Å². The first-order chi connectivity index (χ1) is 11.0. The number of rotatable bonds is 4. The molecule has 0 saturated heterocycles. The van der Waals surface area contributed by atoms with E-state index in [1.165, 1.54) is 11.1 Å². The third kappa shape index (κ3) is 3.63. The molecular formula is C19H26N4. The first kappa shape index (κ1) is 15.8. The Kier molecular flexibility index (Phi) is 4.51. The Morgan fingerprint density at radius 3 is 2.48 bits per heavy atom. The van der Waals surface area contributed by atoms with E-state index < -0.39 is 0 Å². The third-order valence-electron chi connectivity index (χ3n) is 4.20. The summed E-state index contributed by atoms with van der Waals surface area (Å²) in [5.74, 6) is 2.16. The van der Waals surface area contributed by atoms with Gasteiger partial charge in [-0.25, -0.2) is 4.98 Å². The highest BCUT2D eigenvalue weighted by molar-refractivity contribution is 5.48. The van der Waals surface area contributed by atoms with Crippen LogP contribution in [-0.2, 0) is 13.0 Å². The molecule has 2 heterocycles. The van der Waals surface area contributed by atoms with E-state index in [9.17, 15) is 0 Å². The minimum absolute atomic E-state index is 0.326. The van der Waals surface area contributed by atoms with Gasteiger partial charge in [-0.15, -0.1) is 0 Å². The van der Waals surface area contributed by atoms with Crippen LogP contribution in [0.4, 0.5) is 11.8 Å². The zero-order valence-corrected chi connectivity index (χ0v) is 14.5. The number of hydrogen-bond acceptors (Lipinski definition) is 4. The van der Waals surface area contributed by atoms with Crippen LogP contribution in [0.15, 0.2) is 30.3 Å². The molecule has 0 unspecified atom stereocenters. The lowest BCUT2D eigenvalue weighted by atomic mass is 10.00. The smallest absolute Gasteiger partial charge is 0.225 e. The van der Waals surface area contributed by atoms with Crippen molar-refractivity contribution in [3.8, 4) is 0 Å². The van der Waals surface area contributed by atoms with Gasteiger partial charge in [-0.2, -0.15) is 4.98 Å². The predicted molar refractivity (Wildman–Crippen MR) is 96.1 cm³/mol. The number of nitrogens with zero attached hydrogens (tertiary/aromatic N) is 3. The van der Waals surface area contributed by atoms with Gasteiger partial charge in [-0.05, 0) is 37.3 Å². The van der Waals surface area contributed by atoms with Gasteiger partial charge in [-0.1, -0.05) is 38.1 Å². The lowest BCUT2D eigenvalue weighted by Gasteiger charge is -2.30. The van der Waals surface area contributed by atoms with Gasteiger partial charge >= 0.3 is 0 Å². The van der Waals surface area contributed by atoms with Crippen molar-refractivity contribution in [2.45, 2.75) is 52.6 Å². The number of aromatic nitrogens is 2. The molecule has 4 nitrogen and oxygen atoms in total. The van der Waals surface area contributed by atoms with Gasteiger partial charge in [0.1, 0.15) is 5.82 Å². The highest BCUT2D eigenvalue weighted by Crippen LogP contribution is 2.26. The van der Waals surface area contributed by atoms with Gasteiger partial charge in [0, 0.05) is 25.2 Å². The van der Waals surface area contributed by atoms with Gasteiger partial charge in [0.2, 0.25) is 5.95 Å². The number of anilines is 2. The summed E-state index contributed by atoms with van der Waals surface area (Å²) < 4.78 is 0. The van der Waals surface area contributed by atoms with Gasteiger partial charge in [0.05, 0.1) is 5.69 Å². The van der Waals surface area contributed by atoms with Crippen LogP contribution in [0.1, 0.15) is 50.4 Å². The molecule has 0 fully saturated rings. The Labute approximate surface area is 139 Å². The SMILES string of the molecule is CC(C)Nc1nc(C(C)C)cc(N2CCc3ccccc3C2)n1. The monoisotopic (exact) mass is 310 g/mol.